The zero-order chi connectivity index (χ0) is 18.0. The summed E-state index contributed by atoms with van der Waals surface area (Å²) in [5.74, 6) is -0.134. The predicted molar refractivity (Wildman–Crippen MR) is 100 cm³/mol. The highest BCUT2D eigenvalue weighted by Gasteiger charge is 2.23. The molecule has 0 bridgehead atoms. The van der Waals surface area contributed by atoms with Gasteiger partial charge in [0.2, 0.25) is 0 Å². The van der Waals surface area contributed by atoms with E-state index in [1.54, 1.807) is 16.6 Å². The van der Waals surface area contributed by atoms with Crippen molar-refractivity contribution in [1.82, 2.24) is 14.7 Å². The van der Waals surface area contributed by atoms with E-state index in [1.807, 2.05) is 74.5 Å². The predicted octanol–water partition coefficient (Wildman–Crippen LogP) is 4.67. The van der Waals surface area contributed by atoms with E-state index < -0.39 is 0 Å². The normalized spacial score (nSPS) is 12.0. The fourth-order valence-corrected chi connectivity index (χ4v) is 3.08. The molecule has 1 aromatic heterocycles. The third kappa shape index (κ3) is 3.44. The maximum absolute atomic E-state index is 12.9. The van der Waals surface area contributed by atoms with E-state index in [-0.39, 0.29) is 11.9 Å². The molecule has 0 saturated carbocycles. The van der Waals surface area contributed by atoms with Gasteiger partial charge in [-0.2, -0.15) is 5.10 Å². The first-order valence-corrected chi connectivity index (χ1v) is 8.50. The monoisotopic (exact) mass is 353 g/mol. The Hall–Kier alpha value is -2.59. The summed E-state index contributed by atoms with van der Waals surface area (Å²) in [6, 6.07) is 19.0. The van der Waals surface area contributed by atoms with Crippen molar-refractivity contribution in [2.45, 2.75) is 19.9 Å². The van der Waals surface area contributed by atoms with Crippen LogP contribution in [0.15, 0.2) is 60.7 Å². The Labute approximate surface area is 152 Å². The van der Waals surface area contributed by atoms with Crippen molar-refractivity contribution in [3.8, 4) is 5.69 Å². The second-order valence-corrected chi connectivity index (χ2v) is 6.44. The van der Waals surface area contributed by atoms with Gasteiger partial charge in [-0.3, -0.25) is 4.79 Å². The van der Waals surface area contributed by atoms with Crippen molar-refractivity contribution in [2.75, 3.05) is 7.05 Å². The number of hydrogen-bond acceptors (Lipinski definition) is 2. The number of para-hydroxylation sites is 1. The first-order valence-electron chi connectivity index (χ1n) is 8.12. The fraction of sp³-hybridized carbons (Fsp3) is 0.200. The van der Waals surface area contributed by atoms with Gasteiger partial charge in [-0.1, -0.05) is 48.0 Å². The number of aryl methyl sites for hydroxylation is 1. The van der Waals surface area contributed by atoms with E-state index in [0.717, 1.165) is 16.9 Å². The number of halogens is 1. The van der Waals surface area contributed by atoms with Crippen LogP contribution in [0.1, 0.15) is 34.7 Å². The quantitative estimate of drug-likeness (QED) is 0.683. The molecule has 2 aromatic carbocycles. The molecule has 128 valence electrons. The first-order chi connectivity index (χ1) is 12.0. The summed E-state index contributed by atoms with van der Waals surface area (Å²) in [4.78, 5) is 14.5. The smallest absolute Gasteiger partial charge is 0.274 e. The second-order valence-electron chi connectivity index (χ2n) is 6.03. The van der Waals surface area contributed by atoms with Gasteiger partial charge < -0.3 is 4.90 Å². The summed E-state index contributed by atoms with van der Waals surface area (Å²) in [6.07, 6.45) is 0. The average molecular weight is 354 g/mol. The van der Waals surface area contributed by atoms with Gasteiger partial charge in [0.25, 0.3) is 5.91 Å². The van der Waals surface area contributed by atoms with E-state index in [1.165, 1.54) is 0 Å². The Morgan fingerprint density at radius 3 is 2.44 bits per heavy atom. The second kappa shape index (κ2) is 7.11. The van der Waals surface area contributed by atoms with Gasteiger partial charge in [0, 0.05) is 17.8 Å². The molecule has 1 unspecified atom stereocenters. The van der Waals surface area contributed by atoms with Gasteiger partial charge in [-0.15, -0.1) is 0 Å². The summed E-state index contributed by atoms with van der Waals surface area (Å²) in [7, 11) is 1.77. The molecule has 0 aliphatic carbocycles. The summed E-state index contributed by atoms with van der Waals surface area (Å²) in [5.41, 5.74) is 3.18. The van der Waals surface area contributed by atoms with E-state index >= 15 is 0 Å². The van der Waals surface area contributed by atoms with E-state index in [2.05, 4.69) is 5.10 Å². The van der Waals surface area contributed by atoms with Crippen LogP contribution >= 0.6 is 11.6 Å². The number of rotatable bonds is 4. The molecule has 5 heteroatoms. The Bertz CT molecular complexity index is 889. The molecule has 0 aliphatic rings. The van der Waals surface area contributed by atoms with Crippen LogP contribution in [0.25, 0.3) is 5.69 Å². The lowest BCUT2D eigenvalue weighted by Gasteiger charge is -2.25. The molecule has 0 N–H and O–H groups in total. The molecule has 0 radical (unpaired) electrons. The van der Waals surface area contributed by atoms with Crippen LogP contribution < -0.4 is 0 Å². The zero-order valence-electron chi connectivity index (χ0n) is 14.5. The minimum atomic E-state index is -0.150. The third-order valence-electron chi connectivity index (χ3n) is 4.36. The summed E-state index contributed by atoms with van der Waals surface area (Å²) < 4.78 is 1.78. The molecule has 1 atom stereocenters. The molecule has 0 saturated heterocycles. The first kappa shape index (κ1) is 17.2. The van der Waals surface area contributed by atoms with Gasteiger partial charge in [0.15, 0.2) is 5.69 Å². The molecule has 3 rings (SSSR count). The molecule has 4 nitrogen and oxygen atoms in total. The van der Waals surface area contributed by atoms with Gasteiger partial charge in [-0.05, 0) is 43.7 Å². The number of aromatic nitrogens is 2. The van der Waals surface area contributed by atoms with Crippen LogP contribution in [0.4, 0.5) is 0 Å². The Morgan fingerprint density at radius 2 is 1.76 bits per heavy atom. The highest BCUT2D eigenvalue weighted by atomic mass is 35.5. The van der Waals surface area contributed by atoms with E-state index in [9.17, 15) is 4.79 Å². The van der Waals surface area contributed by atoms with Crippen LogP contribution in [0, 0.1) is 6.92 Å². The average Bonchev–Trinajstić information content (AvgIpc) is 3.03. The van der Waals surface area contributed by atoms with Gasteiger partial charge in [-0.25, -0.2) is 4.68 Å². The highest BCUT2D eigenvalue weighted by Crippen LogP contribution is 2.27. The fourth-order valence-electron chi connectivity index (χ4n) is 2.79. The van der Waals surface area contributed by atoms with Crippen LogP contribution in [0.3, 0.4) is 0 Å². The van der Waals surface area contributed by atoms with E-state index in [4.69, 9.17) is 11.6 Å². The Morgan fingerprint density at radius 1 is 1.12 bits per heavy atom. The van der Waals surface area contributed by atoms with Crippen LogP contribution in [-0.2, 0) is 0 Å². The molecule has 1 amide bonds. The maximum Gasteiger partial charge on any atom is 0.274 e. The molecule has 0 aliphatic heterocycles. The number of hydrogen-bond donors (Lipinski definition) is 0. The lowest BCUT2D eigenvalue weighted by molar-refractivity contribution is 0.0736. The maximum atomic E-state index is 12.9. The number of nitrogens with zero attached hydrogens (tertiary/aromatic N) is 3. The number of amides is 1. The Kier molecular flexibility index (Phi) is 4.91. The van der Waals surface area contributed by atoms with Crippen LogP contribution in [0.2, 0.25) is 5.02 Å². The molecular weight excluding hydrogens is 334 g/mol. The van der Waals surface area contributed by atoms with Crippen LogP contribution in [-0.4, -0.2) is 27.6 Å². The van der Waals surface area contributed by atoms with Crippen molar-refractivity contribution < 1.29 is 4.79 Å². The van der Waals surface area contributed by atoms with Gasteiger partial charge in [0.05, 0.1) is 11.7 Å². The summed E-state index contributed by atoms with van der Waals surface area (Å²) >= 11 is 6.27. The zero-order valence-corrected chi connectivity index (χ0v) is 15.2. The largest absolute Gasteiger partial charge is 0.333 e. The lowest BCUT2D eigenvalue weighted by atomic mass is 10.1. The lowest BCUT2D eigenvalue weighted by Crippen LogP contribution is -2.30. The summed E-state index contributed by atoms with van der Waals surface area (Å²) in [5, 5.41) is 5.15. The molecular formula is C20H20ClN3O. The molecule has 0 fully saturated rings. The highest BCUT2D eigenvalue weighted by molar-refractivity contribution is 6.31. The van der Waals surface area contributed by atoms with Crippen molar-refractivity contribution in [3.05, 3.63) is 82.6 Å². The molecule has 3 aromatic rings. The molecule has 25 heavy (non-hydrogen) atoms. The van der Waals surface area contributed by atoms with Gasteiger partial charge in [0.1, 0.15) is 0 Å². The minimum absolute atomic E-state index is 0.134. The SMILES string of the molecule is Cc1cc(C(=O)N(C)C(C)c2ccccc2Cl)nn1-c1ccccc1. The number of benzene rings is 2. The van der Waals surface area contributed by atoms with Crippen LogP contribution in [0.5, 0.6) is 0 Å². The summed E-state index contributed by atoms with van der Waals surface area (Å²) in [6.45, 7) is 3.90. The van der Waals surface area contributed by atoms with E-state index in [0.29, 0.717) is 10.7 Å². The topological polar surface area (TPSA) is 38.1 Å². The molecule has 1 heterocycles. The number of carbonyl (C=O) groups is 1. The van der Waals surface area contributed by atoms with Crippen molar-refractivity contribution in [2.24, 2.45) is 0 Å². The van der Waals surface area contributed by atoms with Crippen molar-refractivity contribution >= 4 is 17.5 Å². The molecule has 0 spiro atoms. The van der Waals surface area contributed by atoms with Gasteiger partial charge >= 0.3 is 0 Å². The minimum Gasteiger partial charge on any atom is -0.333 e. The number of carbonyl (C=O) groups excluding carboxylic acids is 1. The van der Waals surface area contributed by atoms with Crippen molar-refractivity contribution in [1.29, 1.82) is 0 Å². The Balaban J connectivity index is 1.87. The third-order valence-corrected chi connectivity index (χ3v) is 4.71. The van der Waals surface area contributed by atoms with Crippen molar-refractivity contribution in [3.63, 3.8) is 0 Å². The standard InChI is InChI=1S/C20H20ClN3O/c1-14-13-19(22-24(14)16-9-5-4-6-10-16)20(25)23(3)15(2)17-11-7-8-12-18(17)21/h4-13,15H,1-3H3.